The van der Waals surface area contributed by atoms with Crippen LogP contribution in [0.15, 0.2) is 121 Å². The van der Waals surface area contributed by atoms with Gasteiger partial charge in [-0.15, -0.1) is 11.8 Å². The van der Waals surface area contributed by atoms with Crippen molar-refractivity contribution in [2.75, 3.05) is 25.6 Å². The van der Waals surface area contributed by atoms with Crippen LogP contribution in [0.1, 0.15) is 69.6 Å². The summed E-state index contributed by atoms with van der Waals surface area (Å²) in [7, 11) is 0. The lowest BCUT2D eigenvalue weighted by Crippen LogP contribution is -2.67. The molecule has 11 atom stereocenters. The number of benzene rings is 4. The molecule has 3 aliphatic heterocycles. The van der Waals surface area contributed by atoms with Crippen molar-refractivity contribution in [2.45, 2.75) is 93.5 Å². The largest absolute Gasteiger partial charge is 0.452 e. The zero-order valence-electron chi connectivity index (χ0n) is 33.4. The van der Waals surface area contributed by atoms with Gasteiger partial charge in [-0.3, -0.25) is 0 Å². The van der Waals surface area contributed by atoms with Crippen molar-refractivity contribution in [1.82, 2.24) is 0 Å². The number of rotatable bonds is 16. The van der Waals surface area contributed by atoms with Gasteiger partial charge in [0.25, 0.3) is 0 Å². The van der Waals surface area contributed by atoms with E-state index in [2.05, 4.69) is 0 Å². The molecule has 0 aromatic heterocycles. The van der Waals surface area contributed by atoms with Gasteiger partial charge in [-0.25, -0.2) is 14.4 Å². The smallest absolute Gasteiger partial charge is 0.338 e. The Bertz CT molecular complexity index is 1960. The first-order chi connectivity index (χ1) is 29.3. The van der Waals surface area contributed by atoms with E-state index >= 15 is 0 Å². The molecule has 3 aliphatic rings. The van der Waals surface area contributed by atoms with Crippen LogP contribution in [0.25, 0.3) is 0 Å². The third-order valence-electron chi connectivity index (χ3n) is 10.3. The molecule has 7 rings (SSSR count). The summed E-state index contributed by atoms with van der Waals surface area (Å²) in [5.41, 5.74) is 0.642. The van der Waals surface area contributed by atoms with E-state index in [-0.39, 0.29) is 29.9 Å². The molecule has 13 nitrogen and oxygen atoms in total. The van der Waals surface area contributed by atoms with Gasteiger partial charge in [-0.1, -0.05) is 105 Å². The number of hydrogen-bond acceptors (Lipinski definition) is 14. The highest BCUT2D eigenvalue weighted by molar-refractivity contribution is 7.99. The maximum Gasteiger partial charge on any atom is 0.338 e. The van der Waals surface area contributed by atoms with Gasteiger partial charge >= 0.3 is 17.9 Å². The van der Waals surface area contributed by atoms with Crippen LogP contribution < -0.4 is 0 Å². The second kappa shape index (κ2) is 21.2. The minimum Gasteiger partial charge on any atom is -0.452 e. The van der Waals surface area contributed by atoms with Crippen LogP contribution in [0.3, 0.4) is 0 Å². The maximum absolute atomic E-state index is 14.0. The van der Waals surface area contributed by atoms with Crippen LogP contribution in [-0.2, 0) is 42.6 Å². The number of hydrogen-bond donors (Lipinski definition) is 1. The molecule has 60 heavy (non-hydrogen) atoms. The van der Waals surface area contributed by atoms with Gasteiger partial charge in [0.2, 0.25) is 0 Å². The molecule has 0 aliphatic carbocycles. The first-order valence-electron chi connectivity index (χ1n) is 20.3. The minimum absolute atomic E-state index is 0.00897. The standard InChI is InChI=1S/C46H50O13S/c1-3-5-26-51-27-33-37(39(56-42(49)30-20-12-7-13-21-30)40(46(54-33)60-4-2)57-43(50)31-22-14-8-15-23-31)59-45-38(55-41(48)29-18-10-6-11-19-29)35(47)36-34(53-45)28-52-44(58-36)32-24-16-9-17-25-32/h6-25,33-40,44-47H,3-5,26-28H2,1-2H3/t33?,34?,35?,36-,37-,38+,39?,40?,44?,45+,46+/m1/s1. The predicted molar refractivity (Wildman–Crippen MR) is 219 cm³/mol. The zero-order chi connectivity index (χ0) is 41.8. The van der Waals surface area contributed by atoms with Crippen LogP contribution >= 0.6 is 11.8 Å². The molecule has 0 radical (unpaired) electrons. The lowest BCUT2D eigenvalue weighted by atomic mass is 9.96. The fourth-order valence-corrected chi connectivity index (χ4v) is 8.16. The molecule has 4 aromatic rings. The average molecular weight is 843 g/mol. The highest BCUT2D eigenvalue weighted by atomic mass is 32.2. The van der Waals surface area contributed by atoms with Crippen molar-refractivity contribution >= 4 is 29.7 Å². The molecule has 0 saturated carbocycles. The number of fused-ring (bicyclic) bond motifs is 1. The van der Waals surface area contributed by atoms with Gasteiger partial charge in [0.1, 0.15) is 36.0 Å². The zero-order valence-corrected chi connectivity index (χ0v) is 34.2. The predicted octanol–water partition coefficient (Wildman–Crippen LogP) is 6.54. The van der Waals surface area contributed by atoms with E-state index in [9.17, 15) is 19.5 Å². The van der Waals surface area contributed by atoms with E-state index in [1.807, 2.05) is 44.2 Å². The van der Waals surface area contributed by atoms with E-state index in [1.165, 1.54) is 11.8 Å². The Morgan fingerprint density at radius 3 is 1.75 bits per heavy atom. The number of unbranched alkanes of at least 4 members (excludes halogenated alkanes) is 1. The number of ether oxygens (including phenoxy) is 9. The Morgan fingerprint density at radius 2 is 1.20 bits per heavy atom. The molecule has 14 heteroatoms. The quantitative estimate of drug-likeness (QED) is 0.0737. The second-order valence-corrected chi connectivity index (χ2v) is 15.8. The number of carbonyl (C=O) groups is 3. The fraction of sp³-hybridized carbons (Fsp3) is 0.413. The van der Waals surface area contributed by atoms with E-state index in [1.54, 1.807) is 91.0 Å². The molecular formula is C46H50O13S. The van der Waals surface area contributed by atoms with Crippen molar-refractivity contribution < 1.29 is 62.1 Å². The van der Waals surface area contributed by atoms with E-state index < -0.39 is 84.8 Å². The Hall–Kier alpha value is -4.64. The molecule has 3 heterocycles. The molecular weight excluding hydrogens is 793 g/mol. The van der Waals surface area contributed by atoms with Crippen molar-refractivity contribution in [3.8, 4) is 0 Å². The first-order valence-corrected chi connectivity index (χ1v) is 21.3. The fourth-order valence-electron chi connectivity index (χ4n) is 7.21. The number of carbonyl (C=O) groups excluding carboxylic acids is 3. The summed E-state index contributed by atoms with van der Waals surface area (Å²) in [5.74, 6) is -1.57. The summed E-state index contributed by atoms with van der Waals surface area (Å²) in [5, 5.41) is 12.1. The molecule has 0 amide bonds. The Labute approximate surface area is 353 Å². The normalized spacial score (nSPS) is 28.8. The molecule has 1 N–H and O–H groups in total. The number of thioether (sulfide) groups is 1. The van der Waals surface area contributed by atoms with E-state index in [0.717, 1.165) is 18.4 Å². The summed E-state index contributed by atoms with van der Waals surface area (Å²) in [4.78, 5) is 41.5. The topological polar surface area (TPSA) is 155 Å². The van der Waals surface area contributed by atoms with Crippen LogP contribution in [0, 0.1) is 0 Å². The van der Waals surface area contributed by atoms with Crippen molar-refractivity contribution in [2.24, 2.45) is 0 Å². The monoisotopic (exact) mass is 842 g/mol. The first kappa shape index (κ1) is 43.4. The van der Waals surface area contributed by atoms with E-state index in [0.29, 0.717) is 12.4 Å². The van der Waals surface area contributed by atoms with Gasteiger partial charge in [0.05, 0.1) is 29.9 Å². The third kappa shape index (κ3) is 10.6. The van der Waals surface area contributed by atoms with Crippen molar-refractivity contribution in [3.05, 3.63) is 144 Å². The average Bonchev–Trinajstić information content (AvgIpc) is 3.29. The SMILES string of the molecule is CCCCOCC1O[C@@H](SCC)C(OC(=O)c2ccccc2)C(OC(=O)c2ccccc2)[C@@H]1O[C@@H]1OC2COC(c3ccccc3)O[C@H]2C(O)[C@@H]1OC(=O)c1ccccc1. The molecule has 3 fully saturated rings. The number of aliphatic hydroxyl groups excluding tert-OH is 1. The van der Waals surface area contributed by atoms with Crippen LogP contribution in [-0.4, -0.2) is 109 Å². The van der Waals surface area contributed by atoms with E-state index in [4.69, 9.17) is 42.6 Å². The molecule has 4 aromatic carbocycles. The highest BCUT2D eigenvalue weighted by Crippen LogP contribution is 2.40. The van der Waals surface area contributed by atoms with Crippen LogP contribution in [0.2, 0.25) is 0 Å². The molecule has 3 saturated heterocycles. The Morgan fingerprint density at radius 1 is 0.667 bits per heavy atom. The Kier molecular flexibility index (Phi) is 15.4. The molecule has 318 valence electrons. The van der Waals surface area contributed by atoms with Crippen LogP contribution in [0.4, 0.5) is 0 Å². The number of aliphatic hydroxyl groups is 1. The molecule has 0 bridgehead atoms. The molecule has 0 spiro atoms. The summed E-state index contributed by atoms with van der Waals surface area (Å²) < 4.78 is 57.1. The molecule has 6 unspecified atom stereocenters. The summed E-state index contributed by atoms with van der Waals surface area (Å²) >= 11 is 1.36. The lowest BCUT2D eigenvalue weighted by Gasteiger charge is -2.50. The number of esters is 3. The third-order valence-corrected chi connectivity index (χ3v) is 11.3. The Balaban J connectivity index is 1.26. The van der Waals surface area contributed by atoms with Crippen molar-refractivity contribution in [1.29, 1.82) is 0 Å². The van der Waals surface area contributed by atoms with Crippen LogP contribution in [0.5, 0.6) is 0 Å². The van der Waals surface area contributed by atoms with Gasteiger partial charge in [-0.05, 0) is 48.6 Å². The summed E-state index contributed by atoms with van der Waals surface area (Å²) in [6.45, 7) is 4.36. The van der Waals surface area contributed by atoms with Gasteiger partial charge in [-0.2, -0.15) is 0 Å². The lowest BCUT2D eigenvalue weighted by molar-refractivity contribution is -0.376. The summed E-state index contributed by atoms with van der Waals surface area (Å²) in [6.07, 6.45) is -10.3. The van der Waals surface area contributed by atoms with Gasteiger partial charge < -0.3 is 47.7 Å². The highest BCUT2D eigenvalue weighted by Gasteiger charge is 2.57. The summed E-state index contributed by atoms with van der Waals surface area (Å²) in [6, 6.07) is 34.4. The second-order valence-electron chi connectivity index (χ2n) is 14.4. The van der Waals surface area contributed by atoms with Gasteiger partial charge in [0, 0.05) is 12.2 Å². The van der Waals surface area contributed by atoms with Gasteiger partial charge in [0.15, 0.2) is 30.9 Å². The van der Waals surface area contributed by atoms with Crippen molar-refractivity contribution in [3.63, 3.8) is 0 Å². The minimum atomic E-state index is -1.50. The maximum atomic E-state index is 14.0.